The van der Waals surface area contributed by atoms with Crippen molar-refractivity contribution in [2.45, 2.75) is 52.9 Å². The molecule has 0 atom stereocenters. The number of hydrogen-bond acceptors (Lipinski definition) is 4. The summed E-state index contributed by atoms with van der Waals surface area (Å²) in [5, 5.41) is 0. The van der Waals surface area contributed by atoms with E-state index in [0.717, 1.165) is 6.20 Å². The number of halogens is 3. The number of alkyl halides is 3. The van der Waals surface area contributed by atoms with Gasteiger partial charge in [0.15, 0.2) is 0 Å². The molecule has 0 radical (unpaired) electrons. The summed E-state index contributed by atoms with van der Waals surface area (Å²) in [7, 11) is 0. The van der Waals surface area contributed by atoms with Crippen LogP contribution < -0.4 is 0 Å². The van der Waals surface area contributed by atoms with Crippen molar-refractivity contribution < 1.29 is 27.5 Å². The van der Waals surface area contributed by atoms with Gasteiger partial charge in [0.1, 0.15) is 5.57 Å². The summed E-state index contributed by atoms with van der Waals surface area (Å²) >= 11 is 0. The molecule has 0 aromatic heterocycles. The van der Waals surface area contributed by atoms with E-state index in [1.165, 1.54) is 11.8 Å². The fourth-order valence-corrected chi connectivity index (χ4v) is 1.61. The Labute approximate surface area is 116 Å². The Bertz CT molecular complexity index is 379. The number of esters is 1. The number of ketones is 1. The number of rotatable bonds is 6. The Morgan fingerprint density at radius 2 is 1.60 bits per heavy atom. The van der Waals surface area contributed by atoms with Crippen molar-refractivity contribution in [1.29, 1.82) is 0 Å². The van der Waals surface area contributed by atoms with Crippen molar-refractivity contribution in [1.82, 2.24) is 4.90 Å². The first-order chi connectivity index (χ1) is 9.02. The minimum atomic E-state index is -5.11. The maximum Gasteiger partial charge on any atom is 0.455 e. The van der Waals surface area contributed by atoms with Crippen molar-refractivity contribution in [2.75, 3.05) is 6.61 Å². The average Bonchev–Trinajstić information content (AvgIpc) is 2.27. The van der Waals surface area contributed by atoms with Crippen LogP contribution in [0.5, 0.6) is 0 Å². The number of ether oxygens (including phenoxy) is 1. The molecule has 0 fully saturated rings. The second-order valence-corrected chi connectivity index (χ2v) is 4.72. The summed E-state index contributed by atoms with van der Waals surface area (Å²) in [5.74, 6) is -3.46. The van der Waals surface area contributed by atoms with E-state index in [4.69, 9.17) is 0 Å². The Morgan fingerprint density at radius 3 is 1.90 bits per heavy atom. The lowest BCUT2D eigenvalue weighted by Gasteiger charge is -2.30. The van der Waals surface area contributed by atoms with Gasteiger partial charge >= 0.3 is 12.1 Å². The molecule has 0 aliphatic rings. The van der Waals surface area contributed by atoms with Gasteiger partial charge in [-0.05, 0) is 34.6 Å². The number of nitrogens with zero attached hydrogens (tertiary/aromatic N) is 1. The minimum Gasteiger partial charge on any atom is -0.462 e. The van der Waals surface area contributed by atoms with Gasteiger partial charge in [0, 0.05) is 18.3 Å². The number of hydrogen-bond donors (Lipinski definition) is 0. The fraction of sp³-hybridized carbons (Fsp3) is 0.692. The van der Waals surface area contributed by atoms with Crippen LogP contribution in [0.1, 0.15) is 34.6 Å². The van der Waals surface area contributed by atoms with Crippen LogP contribution in [0.4, 0.5) is 13.2 Å². The van der Waals surface area contributed by atoms with Crippen molar-refractivity contribution in [3.05, 3.63) is 11.8 Å². The highest BCUT2D eigenvalue weighted by molar-refractivity contribution is 6.19. The Morgan fingerprint density at radius 1 is 1.15 bits per heavy atom. The lowest BCUT2D eigenvalue weighted by molar-refractivity contribution is -0.168. The lowest BCUT2D eigenvalue weighted by atomic mass is 10.1. The molecule has 20 heavy (non-hydrogen) atoms. The molecule has 0 spiro atoms. The third-order valence-corrected chi connectivity index (χ3v) is 2.47. The second-order valence-electron chi connectivity index (χ2n) is 4.72. The first-order valence-corrected chi connectivity index (χ1v) is 6.30. The zero-order valence-electron chi connectivity index (χ0n) is 12.2. The smallest absolute Gasteiger partial charge is 0.455 e. The van der Waals surface area contributed by atoms with Gasteiger partial charge in [-0.25, -0.2) is 4.79 Å². The van der Waals surface area contributed by atoms with E-state index in [0.29, 0.717) is 0 Å². The van der Waals surface area contributed by atoms with Crippen LogP contribution in [-0.4, -0.2) is 41.5 Å². The highest BCUT2D eigenvalue weighted by Gasteiger charge is 2.44. The van der Waals surface area contributed by atoms with Gasteiger partial charge in [-0.15, -0.1) is 0 Å². The molecule has 0 amide bonds. The molecule has 0 aromatic carbocycles. The molecule has 4 nitrogen and oxygen atoms in total. The van der Waals surface area contributed by atoms with Gasteiger partial charge in [0.05, 0.1) is 6.61 Å². The largest absolute Gasteiger partial charge is 0.462 e. The summed E-state index contributed by atoms with van der Waals surface area (Å²) in [6.07, 6.45) is -4.18. The summed E-state index contributed by atoms with van der Waals surface area (Å²) in [6.45, 7) is 8.34. The van der Waals surface area contributed by atoms with E-state index in [-0.39, 0.29) is 18.7 Å². The van der Waals surface area contributed by atoms with Gasteiger partial charge in [0.2, 0.25) is 0 Å². The summed E-state index contributed by atoms with van der Waals surface area (Å²) in [5.41, 5.74) is -0.998. The molecular weight excluding hydrogens is 275 g/mol. The molecule has 0 unspecified atom stereocenters. The Kier molecular flexibility index (Phi) is 6.75. The first kappa shape index (κ1) is 18.5. The van der Waals surface area contributed by atoms with Crippen molar-refractivity contribution in [3.8, 4) is 0 Å². The van der Waals surface area contributed by atoms with Crippen LogP contribution in [0.15, 0.2) is 11.8 Å². The van der Waals surface area contributed by atoms with E-state index in [2.05, 4.69) is 4.74 Å². The van der Waals surface area contributed by atoms with Crippen molar-refractivity contribution in [2.24, 2.45) is 0 Å². The van der Waals surface area contributed by atoms with Gasteiger partial charge in [-0.1, -0.05) is 0 Å². The van der Waals surface area contributed by atoms with Gasteiger partial charge < -0.3 is 9.64 Å². The highest BCUT2D eigenvalue weighted by Crippen LogP contribution is 2.22. The molecule has 0 aliphatic carbocycles. The maximum absolute atomic E-state index is 12.5. The molecule has 0 saturated carbocycles. The topological polar surface area (TPSA) is 46.6 Å². The predicted octanol–water partition coefficient (Wildman–Crippen LogP) is 2.68. The standard InChI is InChI=1S/C13H20F3NO3/c1-6-20-12(19)10(11(18)13(14,15)16)7-17(8(2)3)9(4)5/h7-9H,6H2,1-5H3/b10-7-. The van der Waals surface area contributed by atoms with Crippen molar-refractivity contribution >= 4 is 11.8 Å². The third kappa shape index (κ3) is 5.22. The lowest BCUT2D eigenvalue weighted by Crippen LogP contribution is -2.36. The second kappa shape index (κ2) is 7.31. The van der Waals surface area contributed by atoms with E-state index < -0.39 is 23.5 Å². The fourth-order valence-electron chi connectivity index (χ4n) is 1.61. The van der Waals surface area contributed by atoms with Gasteiger partial charge in [-0.3, -0.25) is 4.79 Å². The maximum atomic E-state index is 12.5. The van der Waals surface area contributed by atoms with Crippen molar-refractivity contribution in [3.63, 3.8) is 0 Å². The number of carbonyl (C=O) groups excluding carboxylic acids is 2. The highest BCUT2D eigenvalue weighted by atomic mass is 19.4. The SMILES string of the molecule is CCOC(=O)/C(=C\N(C(C)C)C(C)C)C(=O)C(F)(F)F. The molecule has 0 N–H and O–H groups in total. The third-order valence-electron chi connectivity index (χ3n) is 2.47. The molecule has 0 heterocycles. The number of Topliss-reactive ketones (excluding diaryl/α,β-unsaturated/α-hetero) is 1. The molecule has 0 aromatic rings. The van der Waals surface area contributed by atoms with Crippen LogP contribution in [-0.2, 0) is 14.3 Å². The monoisotopic (exact) mass is 295 g/mol. The predicted molar refractivity (Wildman–Crippen MR) is 67.9 cm³/mol. The number of carbonyl (C=O) groups is 2. The summed E-state index contributed by atoms with van der Waals surface area (Å²) in [6, 6.07) is -0.332. The molecule has 0 bridgehead atoms. The van der Waals surface area contributed by atoms with E-state index in [1.807, 2.05) is 0 Å². The van der Waals surface area contributed by atoms with Gasteiger partial charge in [0.25, 0.3) is 5.78 Å². The summed E-state index contributed by atoms with van der Waals surface area (Å²) in [4.78, 5) is 24.4. The molecule has 0 rings (SSSR count). The Hall–Kier alpha value is -1.53. The zero-order chi connectivity index (χ0) is 16.1. The normalized spacial score (nSPS) is 12.8. The average molecular weight is 295 g/mol. The van der Waals surface area contributed by atoms with Crippen LogP contribution in [0.3, 0.4) is 0 Å². The first-order valence-electron chi connectivity index (χ1n) is 6.30. The van der Waals surface area contributed by atoms with Crippen LogP contribution in [0.25, 0.3) is 0 Å². The molecule has 0 aliphatic heterocycles. The van der Waals surface area contributed by atoms with Gasteiger partial charge in [-0.2, -0.15) is 13.2 Å². The molecule has 0 saturated heterocycles. The minimum absolute atomic E-state index is 0.106. The summed E-state index contributed by atoms with van der Waals surface area (Å²) < 4.78 is 42.1. The van der Waals surface area contributed by atoms with E-state index in [9.17, 15) is 22.8 Å². The van der Waals surface area contributed by atoms with E-state index >= 15 is 0 Å². The quantitative estimate of drug-likeness (QED) is 0.327. The van der Waals surface area contributed by atoms with Crippen LogP contribution in [0.2, 0.25) is 0 Å². The molecular formula is C13H20F3NO3. The van der Waals surface area contributed by atoms with Crippen LogP contribution in [0, 0.1) is 0 Å². The van der Waals surface area contributed by atoms with Crippen LogP contribution >= 0.6 is 0 Å². The Balaban J connectivity index is 5.63. The molecule has 7 heteroatoms. The zero-order valence-corrected chi connectivity index (χ0v) is 12.2. The molecule has 116 valence electrons. The van der Waals surface area contributed by atoms with E-state index in [1.54, 1.807) is 27.7 Å².